The molecule has 82 valence electrons. The highest BCUT2D eigenvalue weighted by molar-refractivity contribution is 5.88. The number of rotatable bonds is 5. The van der Waals surface area contributed by atoms with Gasteiger partial charge in [-0.05, 0) is 6.42 Å². The summed E-state index contributed by atoms with van der Waals surface area (Å²) >= 11 is 0. The summed E-state index contributed by atoms with van der Waals surface area (Å²) in [5.41, 5.74) is 0. The van der Waals surface area contributed by atoms with Crippen molar-refractivity contribution in [2.75, 3.05) is 13.7 Å². The van der Waals surface area contributed by atoms with Crippen molar-refractivity contribution in [3.05, 3.63) is 0 Å². The van der Waals surface area contributed by atoms with Crippen molar-refractivity contribution in [2.24, 2.45) is 0 Å². The van der Waals surface area contributed by atoms with Crippen molar-refractivity contribution in [3.8, 4) is 0 Å². The van der Waals surface area contributed by atoms with E-state index in [1.165, 1.54) is 0 Å². The van der Waals surface area contributed by atoms with Crippen LogP contribution in [0.1, 0.15) is 13.3 Å². The van der Waals surface area contributed by atoms with Gasteiger partial charge in [-0.1, -0.05) is 6.92 Å². The van der Waals surface area contributed by atoms with Gasteiger partial charge in [0.2, 0.25) is 0 Å². The average Bonchev–Trinajstić information content (AvgIpc) is 2.22. The van der Waals surface area contributed by atoms with Crippen LogP contribution in [0.2, 0.25) is 0 Å². The number of carbonyl (C=O) groups excluding carboxylic acids is 2. The van der Waals surface area contributed by atoms with Crippen molar-refractivity contribution in [1.29, 1.82) is 0 Å². The van der Waals surface area contributed by atoms with E-state index in [1.807, 2.05) is 6.92 Å². The third kappa shape index (κ3) is 3.71. The van der Waals surface area contributed by atoms with Gasteiger partial charge < -0.3 is 20.3 Å². The fraction of sp³-hybridized carbons (Fsp3) is 0.750. The minimum absolute atomic E-state index is 0.379. The van der Waals surface area contributed by atoms with Gasteiger partial charge in [0.1, 0.15) is 0 Å². The molecule has 0 saturated heterocycles. The first-order chi connectivity index (χ1) is 6.54. The van der Waals surface area contributed by atoms with Crippen LogP contribution in [0.3, 0.4) is 0 Å². The van der Waals surface area contributed by atoms with Gasteiger partial charge in [0, 0.05) is 6.54 Å². The molecule has 0 fully saturated rings. The van der Waals surface area contributed by atoms with Crippen molar-refractivity contribution in [3.63, 3.8) is 0 Å². The number of esters is 1. The lowest BCUT2D eigenvalue weighted by atomic mass is 10.2. The van der Waals surface area contributed by atoms with Crippen LogP contribution in [-0.4, -0.2) is 48.0 Å². The molecule has 0 aromatic rings. The third-order valence-electron chi connectivity index (χ3n) is 1.56. The van der Waals surface area contributed by atoms with Gasteiger partial charge in [-0.2, -0.15) is 0 Å². The molecule has 3 N–H and O–H groups in total. The van der Waals surface area contributed by atoms with Crippen LogP contribution in [0.15, 0.2) is 0 Å². The molecule has 0 heterocycles. The second-order valence-corrected chi connectivity index (χ2v) is 2.70. The highest BCUT2D eigenvalue weighted by atomic mass is 16.5. The van der Waals surface area contributed by atoms with Crippen molar-refractivity contribution < 1.29 is 24.5 Å². The molecule has 0 aromatic heterocycles. The first kappa shape index (κ1) is 12.9. The van der Waals surface area contributed by atoms with Crippen molar-refractivity contribution in [2.45, 2.75) is 25.6 Å². The van der Waals surface area contributed by atoms with E-state index in [9.17, 15) is 9.59 Å². The molecule has 0 aliphatic heterocycles. The van der Waals surface area contributed by atoms with E-state index in [2.05, 4.69) is 10.1 Å². The van der Waals surface area contributed by atoms with Gasteiger partial charge in [0.05, 0.1) is 7.11 Å². The predicted octanol–water partition coefficient (Wildman–Crippen LogP) is -1.59. The predicted molar refractivity (Wildman–Crippen MR) is 47.3 cm³/mol. The molecule has 0 aromatic carbocycles. The Kier molecular flexibility index (Phi) is 5.82. The van der Waals surface area contributed by atoms with Crippen LogP contribution in [-0.2, 0) is 14.3 Å². The molecule has 6 heteroatoms. The van der Waals surface area contributed by atoms with Crippen LogP contribution in [0, 0.1) is 0 Å². The van der Waals surface area contributed by atoms with Gasteiger partial charge in [-0.25, -0.2) is 4.79 Å². The number of hydrogen-bond acceptors (Lipinski definition) is 5. The van der Waals surface area contributed by atoms with Gasteiger partial charge in [0.25, 0.3) is 5.91 Å². The number of carbonyl (C=O) groups is 2. The number of aliphatic hydroxyl groups excluding tert-OH is 2. The van der Waals surface area contributed by atoms with Gasteiger partial charge in [-0.15, -0.1) is 0 Å². The molecule has 0 bridgehead atoms. The summed E-state index contributed by atoms with van der Waals surface area (Å²) in [6.07, 6.45) is -2.92. The summed E-state index contributed by atoms with van der Waals surface area (Å²) in [6, 6.07) is 0. The van der Waals surface area contributed by atoms with E-state index < -0.39 is 24.1 Å². The maximum atomic E-state index is 11.0. The molecule has 6 nitrogen and oxygen atoms in total. The van der Waals surface area contributed by atoms with Crippen molar-refractivity contribution in [1.82, 2.24) is 5.32 Å². The van der Waals surface area contributed by atoms with Crippen molar-refractivity contribution >= 4 is 11.9 Å². The number of hydrogen-bond donors (Lipinski definition) is 3. The molecule has 0 spiro atoms. The molecule has 0 rings (SSSR count). The van der Waals surface area contributed by atoms with E-state index >= 15 is 0 Å². The quantitative estimate of drug-likeness (QED) is 0.470. The summed E-state index contributed by atoms with van der Waals surface area (Å²) < 4.78 is 4.16. The Bertz CT molecular complexity index is 206. The van der Waals surface area contributed by atoms with Gasteiger partial charge in [0.15, 0.2) is 12.2 Å². The van der Waals surface area contributed by atoms with Gasteiger partial charge in [-0.3, -0.25) is 4.79 Å². The Morgan fingerprint density at radius 1 is 1.36 bits per heavy atom. The summed E-state index contributed by atoms with van der Waals surface area (Å²) in [5.74, 6) is -1.83. The average molecular weight is 205 g/mol. The fourth-order valence-corrected chi connectivity index (χ4v) is 0.746. The first-order valence-corrected chi connectivity index (χ1v) is 4.26. The molecule has 0 saturated carbocycles. The molecule has 2 atom stereocenters. The zero-order valence-corrected chi connectivity index (χ0v) is 8.19. The zero-order valence-electron chi connectivity index (χ0n) is 8.19. The van der Waals surface area contributed by atoms with Crippen LogP contribution >= 0.6 is 0 Å². The normalized spacial score (nSPS) is 14.3. The lowest BCUT2D eigenvalue weighted by Crippen LogP contribution is -2.46. The Balaban J connectivity index is 4.10. The number of aliphatic hydroxyl groups is 2. The van der Waals surface area contributed by atoms with E-state index in [-0.39, 0.29) is 0 Å². The van der Waals surface area contributed by atoms with Crippen LogP contribution in [0.25, 0.3) is 0 Å². The molecule has 0 radical (unpaired) electrons. The number of methoxy groups -OCH3 is 1. The molecule has 1 amide bonds. The summed E-state index contributed by atoms with van der Waals surface area (Å²) in [5, 5.41) is 20.6. The SMILES string of the molecule is CCCNC(=O)C(O)C(O)C(=O)OC. The molecule has 0 aliphatic carbocycles. The van der Waals surface area contributed by atoms with Gasteiger partial charge >= 0.3 is 5.97 Å². The van der Waals surface area contributed by atoms with E-state index in [0.717, 1.165) is 7.11 Å². The monoisotopic (exact) mass is 205 g/mol. The zero-order chi connectivity index (χ0) is 11.1. The topological polar surface area (TPSA) is 95.9 Å². The smallest absolute Gasteiger partial charge is 0.338 e. The maximum Gasteiger partial charge on any atom is 0.338 e. The summed E-state index contributed by atoms with van der Waals surface area (Å²) in [6.45, 7) is 2.22. The van der Waals surface area contributed by atoms with E-state index in [0.29, 0.717) is 13.0 Å². The van der Waals surface area contributed by atoms with Crippen LogP contribution < -0.4 is 5.32 Å². The Hall–Kier alpha value is -1.14. The number of ether oxygens (including phenoxy) is 1. The highest BCUT2D eigenvalue weighted by Gasteiger charge is 2.30. The minimum Gasteiger partial charge on any atom is -0.467 e. The first-order valence-electron chi connectivity index (χ1n) is 4.26. The molecular weight excluding hydrogens is 190 g/mol. The third-order valence-corrected chi connectivity index (χ3v) is 1.56. The second-order valence-electron chi connectivity index (χ2n) is 2.70. The molecule has 2 unspecified atom stereocenters. The van der Waals surface area contributed by atoms with Crippen LogP contribution in [0.5, 0.6) is 0 Å². The standard InChI is InChI=1S/C8H15NO5/c1-3-4-9-7(12)5(10)6(11)8(13)14-2/h5-6,10-11H,3-4H2,1-2H3,(H,9,12). The highest BCUT2D eigenvalue weighted by Crippen LogP contribution is 1.96. The molecular formula is C8H15NO5. The Labute approximate surface area is 81.9 Å². The second kappa shape index (κ2) is 6.33. The minimum atomic E-state index is -1.84. The van der Waals surface area contributed by atoms with E-state index in [1.54, 1.807) is 0 Å². The summed E-state index contributed by atoms with van der Waals surface area (Å²) in [7, 11) is 1.06. The molecule has 14 heavy (non-hydrogen) atoms. The number of nitrogens with one attached hydrogen (secondary N) is 1. The Morgan fingerprint density at radius 3 is 2.36 bits per heavy atom. The van der Waals surface area contributed by atoms with E-state index in [4.69, 9.17) is 10.2 Å². The lowest BCUT2D eigenvalue weighted by Gasteiger charge is -2.14. The van der Waals surface area contributed by atoms with Crippen LogP contribution in [0.4, 0.5) is 0 Å². The fourth-order valence-electron chi connectivity index (χ4n) is 0.746. The molecule has 0 aliphatic rings. The largest absolute Gasteiger partial charge is 0.467 e. The summed E-state index contributed by atoms with van der Waals surface area (Å²) in [4.78, 5) is 21.8. The number of amides is 1. The lowest BCUT2D eigenvalue weighted by molar-refractivity contribution is -0.161. The Morgan fingerprint density at radius 2 is 1.93 bits per heavy atom. The maximum absolute atomic E-state index is 11.0.